The van der Waals surface area contributed by atoms with Crippen LogP contribution in [0.3, 0.4) is 0 Å². The number of nitrogens with zero attached hydrogens (tertiary/aromatic N) is 2. The normalized spacial score (nSPS) is 11.2. The molecule has 0 aliphatic heterocycles. The number of methoxy groups -OCH3 is 1. The van der Waals surface area contributed by atoms with Gasteiger partial charge in [0.05, 0.1) is 18.6 Å². The second kappa shape index (κ2) is 8.68. The molecule has 0 fully saturated rings. The molecule has 1 aromatic carbocycles. The molecular formula is C20H22ClN3O2S2. The Kier molecular flexibility index (Phi) is 6.47. The number of nitrogens with one attached hydrogen (secondary N) is 1. The number of carbonyl (C=O) groups excluding carboxylic acids is 1. The summed E-state index contributed by atoms with van der Waals surface area (Å²) < 4.78 is 5.28. The molecule has 0 saturated carbocycles. The molecule has 2 heterocycles. The van der Waals surface area contributed by atoms with Gasteiger partial charge in [0.15, 0.2) is 0 Å². The fourth-order valence-electron chi connectivity index (χ4n) is 2.69. The number of halogens is 1. The predicted octanol–water partition coefficient (Wildman–Crippen LogP) is 5.82. The summed E-state index contributed by atoms with van der Waals surface area (Å²) in [5.74, 6) is 1.67. The van der Waals surface area contributed by atoms with Crippen molar-refractivity contribution in [3.8, 4) is 5.75 Å². The van der Waals surface area contributed by atoms with Crippen LogP contribution in [0.15, 0.2) is 23.2 Å². The zero-order valence-electron chi connectivity index (χ0n) is 16.4. The van der Waals surface area contributed by atoms with Crippen molar-refractivity contribution in [2.75, 3.05) is 18.2 Å². The van der Waals surface area contributed by atoms with E-state index >= 15 is 0 Å². The van der Waals surface area contributed by atoms with Crippen molar-refractivity contribution in [2.24, 2.45) is 0 Å². The van der Waals surface area contributed by atoms with Crippen molar-refractivity contribution >= 4 is 56.5 Å². The first-order chi connectivity index (χ1) is 13.3. The van der Waals surface area contributed by atoms with Crippen molar-refractivity contribution in [2.45, 2.75) is 38.6 Å². The van der Waals surface area contributed by atoms with Gasteiger partial charge in [-0.15, -0.1) is 11.3 Å². The van der Waals surface area contributed by atoms with Gasteiger partial charge in [0.1, 0.15) is 21.4 Å². The summed E-state index contributed by atoms with van der Waals surface area (Å²) >= 11 is 9.13. The summed E-state index contributed by atoms with van der Waals surface area (Å²) in [5.41, 5.74) is 1.73. The van der Waals surface area contributed by atoms with Crippen LogP contribution < -0.4 is 10.1 Å². The molecule has 28 heavy (non-hydrogen) atoms. The maximum atomic E-state index is 12.5. The summed E-state index contributed by atoms with van der Waals surface area (Å²) in [5, 5.41) is 5.30. The van der Waals surface area contributed by atoms with E-state index in [-0.39, 0.29) is 17.6 Å². The van der Waals surface area contributed by atoms with E-state index < -0.39 is 0 Å². The zero-order valence-corrected chi connectivity index (χ0v) is 18.8. The standard InChI is InChI=1S/C20H22ClN3O2S2/c1-10(2)18-23-19(17-11(3)12(4)28-20(17)24-18)27-9-16(25)22-14-8-13(21)6-7-15(14)26-5/h6-8,10H,9H2,1-5H3,(H,22,25). The Labute approximate surface area is 177 Å². The monoisotopic (exact) mass is 435 g/mol. The van der Waals surface area contributed by atoms with E-state index in [0.717, 1.165) is 21.1 Å². The van der Waals surface area contributed by atoms with Gasteiger partial charge in [-0.25, -0.2) is 9.97 Å². The number of ether oxygens (including phenoxy) is 1. The molecule has 0 radical (unpaired) electrons. The number of thioether (sulfide) groups is 1. The van der Waals surface area contributed by atoms with Crippen molar-refractivity contribution in [3.05, 3.63) is 39.5 Å². The van der Waals surface area contributed by atoms with Gasteiger partial charge in [-0.05, 0) is 37.6 Å². The molecule has 2 aromatic heterocycles. The van der Waals surface area contributed by atoms with E-state index in [2.05, 4.69) is 33.0 Å². The summed E-state index contributed by atoms with van der Waals surface area (Å²) in [6.45, 7) is 8.30. The van der Waals surface area contributed by atoms with Crippen molar-refractivity contribution in [3.63, 3.8) is 0 Å². The van der Waals surface area contributed by atoms with Gasteiger partial charge in [0, 0.05) is 21.2 Å². The molecule has 1 amide bonds. The average molecular weight is 436 g/mol. The quantitative estimate of drug-likeness (QED) is 0.390. The van der Waals surface area contributed by atoms with Crippen LogP contribution in [0.2, 0.25) is 5.02 Å². The van der Waals surface area contributed by atoms with Crippen LogP contribution in [0.1, 0.15) is 36.0 Å². The second-order valence-corrected chi connectivity index (χ2v) is 9.29. The molecular weight excluding hydrogens is 414 g/mol. The van der Waals surface area contributed by atoms with Gasteiger partial charge in [0.2, 0.25) is 5.91 Å². The molecule has 0 bridgehead atoms. The number of amides is 1. The minimum absolute atomic E-state index is 0.145. The topological polar surface area (TPSA) is 64.1 Å². The number of benzene rings is 1. The number of thiophene rings is 1. The van der Waals surface area contributed by atoms with Gasteiger partial charge in [-0.1, -0.05) is 37.2 Å². The van der Waals surface area contributed by atoms with Gasteiger partial charge < -0.3 is 10.1 Å². The molecule has 3 rings (SSSR count). The van der Waals surface area contributed by atoms with Gasteiger partial charge in [0.25, 0.3) is 0 Å². The number of aryl methyl sites for hydroxylation is 2. The van der Waals surface area contributed by atoms with E-state index in [1.165, 1.54) is 22.2 Å². The number of aromatic nitrogens is 2. The van der Waals surface area contributed by atoms with Crippen molar-refractivity contribution in [1.29, 1.82) is 0 Å². The van der Waals surface area contributed by atoms with Gasteiger partial charge in [-0.2, -0.15) is 0 Å². The Balaban J connectivity index is 1.83. The lowest BCUT2D eigenvalue weighted by molar-refractivity contribution is -0.113. The van der Waals surface area contributed by atoms with Crippen LogP contribution in [-0.4, -0.2) is 28.7 Å². The number of anilines is 1. The van der Waals surface area contributed by atoms with E-state index in [1.54, 1.807) is 36.6 Å². The van der Waals surface area contributed by atoms with Crippen LogP contribution in [0.4, 0.5) is 5.69 Å². The van der Waals surface area contributed by atoms with Crippen molar-refractivity contribution < 1.29 is 9.53 Å². The molecule has 148 valence electrons. The second-order valence-electron chi connectivity index (χ2n) is 6.69. The maximum Gasteiger partial charge on any atom is 0.234 e. The Hall–Kier alpha value is -1.83. The van der Waals surface area contributed by atoms with E-state index in [0.29, 0.717) is 16.5 Å². The lowest BCUT2D eigenvalue weighted by Gasteiger charge is -2.11. The number of carbonyl (C=O) groups is 1. The summed E-state index contributed by atoms with van der Waals surface area (Å²) in [6.07, 6.45) is 0. The summed E-state index contributed by atoms with van der Waals surface area (Å²) in [7, 11) is 1.56. The smallest absolute Gasteiger partial charge is 0.234 e. The molecule has 5 nitrogen and oxygen atoms in total. The summed E-state index contributed by atoms with van der Waals surface area (Å²) in [6, 6.07) is 5.12. The zero-order chi connectivity index (χ0) is 20.4. The Morgan fingerprint density at radius 2 is 2.07 bits per heavy atom. The highest BCUT2D eigenvalue weighted by molar-refractivity contribution is 8.00. The number of fused-ring (bicyclic) bond motifs is 1. The molecule has 8 heteroatoms. The van der Waals surface area contributed by atoms with Crippen molar-refractivity contribution in [1.82, 2.24) is 9.97 Å². The predicted molar refractivity (Wildman–Crippen MR) is 118 cm³/mol. The number of hydrogen-bond acceptors (Lipinski definition) is 6. The van der Waals surface area contributed by atoms with Gasteiger partial charge >= 0.3 is 0 Å². The lowest BCUT2D eigenvalue weighted by Crippen LogP contribution is -2.15. The highest BCUT2D eigenvalue weighted by Crippen LogP contribution is 2.36. The van der Waals surface area contributed by atoms with Crippen LogP contribution in [-0.2, 0) is 4.79 Å². The van der Waals surface area contributed by atoms with E-state index in [1.807, 2.05) is 0 Å². The SMILES string of the molecule is COc1ccc(Cl)cc1NC(=O)CSc1nc(C(C)C)nc2sc(C)c(C)c12. The Morgan fingerprint density at radius 3 is 2.75 bits per heavy atom. The van der Waals surface area contributed by atoms with Crippen LogP contribution >= 0.6 is 34.7 Å². The minimum atomic E-state index is -0.145. The third-order valence-corrected chi connectivity index (χ3v) is 6.62. The fourth-order valence-corrected chi connectivity index (χ4v) is 4.85. The highest BCUT2D eigenvalue weighted by Gasteiger charge is 2.18. The number of hydrogen-bond donors (Lipinski definition) is 1. The highest BCUT2D eigenvalue weighted by atomic mass is 35.5. The maximum absolute atomic E-state index is 12.5. The molecule has 0 spiro atoms. The van der Waals surface area contributed by atoms with Gasteiger partial charge in [-0.3, -0.25) is 4.79 Å². The van der Waals surface area contributed by atoms with Crippen LogP contribution in [0.25, 0.3) is 10.2 Å². The van der Waals surface area contributed by atoms with Crippen LogP contribution in [0.5, 0.6) is 5.75 Å². The third-order valence-electron chi connectivity index (χ3n) is 4.30. The molecule has 0 atom stereocenters. The third kappa shape index (κ3) is 4.42. The van der Waals surface area contributed by atoms with Crippen LogP contribution in [0, 0.1) is 13.8 Å². The lowest BCUT2D eigenvalue weighted by atomic mass is 10.2. The molecule has 1 N–H and O–H groups in total. The summed E-state index contributed by atoms with van der Waals surface area (Å²) in [4.78, 5) is 24.2. The first kappa shape index (κ1) is 20.9. The molecule has 0 aliphatic carbocycles. The van der Waals surface area contributed by atoms with E-state index in [4.69, 9.17) is 26.3 Å². The molecule has 3 aromatic rings. The number of rotatable bonds is 6. The Bertz CT molecular complexity index is 1030. The largest absolute Gasteiger partial charge is 0.495 e. The fraction of sp³-hybridized carbons (Fsp3) is 0.350. The molecule has 0 aliphatic rings. The Morgan fingerprint density at radius 1 is 1.32 bits per heavy atom. The first-order valence-electron chi connectivity index (χ1n) is 8.84. The molecule has 0 unspecified atom stereocenters. The minimum Gasteiger partial charge on any atom is -0.495 e. The average Bonchev–Trinajstić information content (AvgIpc) is 2.94. The first-order valence-corrected chi connectivity index (χ1v) is 11.0. The van der Waals surface area contributed by atoms with E-state index in [9.17, 15) is 4.79 Å². The molecule has 0 saturated heterocycles.